The minimum Gasteiger partial charge on any atom is -0.384 e. The maximum Gasteiger partial charge on any atom is 0.0376 e. The van der Waals surface area contributed by atoms with Gasteiger partial charge in [0.1, 0.15) is 0 Å². The summed E-state index contributed by atoms with van der Waals surface area (Å²) in [6.07, 6.45) is 4.20. The van der Waals surface area contributed by atoms with Gasteiger partial charge in [-0.2, -0.15) is 0 Å². The largest absolute Gasteiger partial charge is 0.384 e. The third-order valence-corrected chi connectivity index (χ3v) is 4.62. The average molecular weight is 258 g/mol. The zero-order valence-electron chi connectivity index (χ0n) is 12.2. The summed E-state index contributed by atoms with van der Waals surface area (Å²) in [6.45, 7) is 8.36. The molecule has 1 saturated carbocycles. The third kappa shape index (κ3) is 3.11. The van der Waals surface area contributed by atoms with Crippen LogP contribution in [0.25, 0.3) is 0 Å². The molecule has 1 heterocycles. The molecule has 0 saturated heterocycles. The van der Waals surface area contributed by atoms with Crippen molar-refractivity contribution in [2.75, 3.05) is 25.0 Å². The SMILES string of the molecule is CC(C)N(CCC1CNc2ccccc21)CC1CC1. The lowest BCUT2D eigenvalue weighted by molar-refractivity contribution is 0.206. The van der Waals surface area contributed by atoms with Crippen LogP contribution in [0.3, 0.4) is 0 Å². The van der Waals surface area contributed by atoms with Gasteiger partial charge in [0.2, 0.25) is 0 Å². The number of fused-ring (bicyclic) bond motifs is 1. The van der Waals surface area contributed by atoms with E-state index in [-0.39, 0.29) is 0 Å². The highest BCUT2D eigenvalue weighted by molar-refractivity contribution is 5.57. The molecule has 0 bridgehead atoms. The first-order valence-corrected chi connectivity index (χ1v) is 7.81. The summed E-state index contributed by atoms with van der Waals surface area (Å²) in [6, 6.07) is 9.48. The lowest BCUT2D eigenvalue weighted by atomic mass is 9.97. The molecule has 2 heteroatoms. The minimum atomic E-state index is 0.685. The molecule has 1 unspecified atom stereocenters. The number of para-hydroxylation sites is 1. The summed E-state index contributed by atoms with van der Waals surface area (Å²) < 4.78 is 0. The number of hydrogen-bond donors (Lipinski definition) is 1. The summed E-state index contributed by atoms with van der Waals surface area (Å²) in [5, 5.41) is 3.54. The van der Waals surface area contributed by atoms with Gasteiger partial charge in [0.15, 0.2) is 0 Å². The van der Waals surface area contributed by atoms with Crippen LogP contribution in [0.5, 0.6) is 0 Å². The van der Waals surface area contributed by atoms with Crippen molar-refractivity contribution in [3.63, 3.8) is 0 Å². The second-order valence-corrected chi connectivity index (χ2v) is 6.49. The zero-order chi connectivity index (χ0) is 13.2. The van der Waals surface area contributed by atoms with Gasteiger partial charge in [-0.15, -0.1) is 0 Å². The van der Waals surface area contributed by atoms with Crippen molar-refractivity contribution in [2.24, 2.45) is 5.92 Å². The Kier molecular flexibility index (Phi) is 3.79. The van der Waals surface area contributed by atoms with E-state index in [1.807, 2.05) is 0 Å². The Bertz CT molecular complexity index is 423. The molecule has 0 amide bonds. The Morgan fingerprint density at radius 1 is 1.26 bits per heavy atom. The van der Waals surface area contributed by atoms with E-state index in [0.717, 1.165) is 12.5 Å². The molecule has 0 radical (unpaired) electrons. The number of nitrogens with zero attached hydrogens (tertiary/aromatic N) is 1. The van der Waals surface area contributed by atoms with Crippen LogP contribution in [-0.2, 0) is 0 Å². The van der Waals surface area contributed by atoms with E-state index in [2.05, 4.69) is 48.3 Å². The highest BCUT2D eigenvalue weighted by atomic mass is 15.1. The number of nitrogens with one attached hydrogen (secondary N) is 1. The van der Waals surface area contributed by atoms with Crippen LogP contribution in [-0.4, -0.2) is 30.6 Å². The van der Waals surface area contributed by atoms with Gasteiger partial charge in [-0.05, 0) is 57.2 Å². The van der Waals surface area contributed by atoms with Crippen molar-refractivity contribution in [2.45, 2.75) is 45.1 Å². The van der Waals surface area contributed by atoms with Gasteiger partial charge in [-0.3, -0.25) is 0 Å². The predicted molar refractivity (Wildman–Crippen MR) is 81.7 cm³/mol. The Morgan fingerprint density at radius 2 is 2.05 bits per heavy atom. The number of anilines is 1. The molecule has 3 rings (SSSR count). The minimum absolute atomic E-state index is 0.685. The first-order chi connectivity index (χ1) is 9.24. The lowest BCUT2D eigenvalue weighted by Crippen LogP contribution is -2.34. The molecule has 0 spiro atoms. The van der Waals surface area contributed by atoms with Crippen LogP contribution in [0.2, 0.25) is 0 Å². The van der Waals surface area contributed by atoms with Crippen molar-refractivity contribution >= 4 is 5.69 Å². The fourth-order valence-electron chi connectivity index (χ4n) is 3.13. The van der Waals surface area contributed by atoms with Crippen LogP contribution in [0.1, 0.15) is 44.6 Å². The summed E-state index contributed by atoms with van der Waals surface area (Å²) in [5.41, 5.74) is 2.88. The summed E-state index contributed by atoms with van der Waals surface area (Å²) in [5.74, 6) is 1.70. The second kappa shape index (κ2) is 5.54. The molecule has 1 aromatic rings. The number of rotatable bonds is 6. The van der Waals surface area contributed by atoms with Crippen LogP contribution < -0.4 is 5.32 Å². The lowest BCUT2D eigenvalue weighted by Gasteiger charge is -2.27. The van der Waals surface area contributed by atoms with E-state index >= 15 is 0 Å². The zero-order valence-corrected chi connectivity index (χ0v) is 12.2. The van der Waals surface area contributed by atoms with E-state index in [1.54, 1.807) is 0 Å². The summed E-state index contributed by atoms with van der Waals surface area (Å²) in [7, 11) is 0. The van der Waals surface area contributed by atoms with Crippen LogP contribution in [0.15, 0.2) is 24.3 Å². The topological polar surface area (TPSA) is 15.3 Å². The van der Waals surface area contributed by atoms with Gasteiger partial charge in [-0.1, -0.05) is 18.2 Å². The molecular formula is C17H26N2. The molecule has 104 valence electrons. The normalized spacial score (nSPS) is 21.8. The van der Waals surface area contributed by atoms with Crippen molar-refractivity contribution in [1.82, 2.24) is 4.90 Å². The monoisotopic (exact) mass is 258 g/mol. The molecule has 1 fully saturated rings. The average Bonchev–Trinajstić information content (AvgIpc) is 3.13. The quantitative estimate of drug-likeness (QED) is 0.837. The first kappa shape index (κ1) is 13.0. The van der Waals surface area contributed by atoms with Crippen molar-refractivity contribution in [1.29, 1.82) is 0 Å². The van der Waals surface area contributed by atoms with Gasteiger partial charge in [0, 0.05) is 30.7 Å². The van der Waals surface area contributed by atoms with Gasteiger partial charge in [0.25, 0.3) is 0 Å². The highest BCUT2D eigenvalue weighted by Gasteiger charge is 2.27. The molecule has 1 aromatic carbocycles. The van der Waals surface area contributed by atoms with Gasteiger partial charge < -0.3 is 10.2 Å². The first-order valence-electron chi connectivity index (χ1n) is 7.81. The summed E-state index contributed by atoms with van der Waals surface area (Å²) >= 11 is 0. The van der Waals surface area contributed by atoms with Crippen LogP contribution in [0.4, 0.5) is 5.69 Å². The van der Waals surface area contributed by atoms with Gasteiger partial charge in [0.05, 0.1) is 0 Å². The maximum absolute atomic E-state index is 3.54. The van der Waals surface area contributed by atoms with E-state index in [1.165, 1.54) is 43.6 Å². The fraction of sp³-hybridized carbons (Fsp3) is 0.647. The fourth-order valence-corrected chi connectivity index (χ4v) is 3.13. The summed E-state index contributed by atoms with van der Waals surface area (Å²) in [4.78, 5) is 2.68. The molecule has 1 aliphatic heterocycles. The Morgan fingerprint density at radius 3 is 2.79 bits per heavy atom. The Balaban J connectivity index is 1.56. The van der Waals surface area contributed by atoms with Gasteiger partial charge in [-0.25, -0.2) is 0 Å². The number of hydrogen-bond acceptors (Lipinski definition) is 2. The van der Waals surface area contributed by atoms with E-state index in [0.29, 0.717) is 12.0 Å². The van der Waals surface area contributed by atoms with Crippen molar-refractivity contribution in [3.8, 4) is 0 Å². The smallest absolute Gasteiger partial charge is 0.0376 e. The molecule has 2 nitrogen and oxygen atoms in total. The molecule has 1 aliphatic carbocycles. The Hall–Kier alpha value is -1.02. The van der Waals surface area contributed by atoms with E-state index in [4.69, 9.17) is 0 Å². The predicted octanol–water partition coefficient (Wildman–Crippen LogP) is 3.71. The molecule has 19 heavy (non-hydrogen) atoms. The molecule has 1 atom stereocenters. The molecule has 0 aromatic heterocycles. The maximum atomic E-state index is 3.54. The Labute approximate surface area is 117 Å². The molecule has 2 aliphatic rings. The van der Waals surface area contributed by atoms with Crippen molar-refractivity contribution in [3.05, 3.63) is 29.8 Å². The highest BCUT2D eigenvalue weighted by Crippen LogP contribution is 2.34. The standard InChI is InChI=1S/C17H26N2/c1-13(2)19(12-14-7-8-14)10-9-15-11-18-17-6-4-3-5-16(15)17/h3-6,13-15,18H,7-12H2,1-2H3. The van der Waals surface area contributed by atoms with Crippen LogP contribution >= 0.6 is 0 Å². The van der Waals surface area contributed by atoms with E-state index < -0.39 is 0 Å². The van der Waals surface area contributed by atoms with Crippen LogP contribution in [0, 0.1) is 5.92 Å². The third-order valence-electron chi connectivity index (χ3n) is 4.62. The van der Waals surface area contributed by atoms with E-state index in [9.17, 15) is 0 Å². The molecule has 1 N–H and O–H groups in total. The van der Waals surface area contributed by atoms with Crippen molar-refractivity contribution < 1.29 is 0 Å². The number of benzene rings is 1. The second-order valence-electron chi connectivity index (χ2n) is 6.49. The molecular weight excluding hydrogens is 232 g/mol. The van der Waals surface area contributed by atoms with Gasteiger partial charge >= 0.3 is 0 Å².